The Morgan fingerprint density at radius 3 is 2.39 bits per heavy atom. The molecule has 1 amide bonds. The van der Waals surface area contributed by atoms with Crippen molar-refractivity contribution in [2.24, 2.45) is 0 Å². The van der Waals surface area contributed by atoms with Gasteiger partial charge in [0.05, 0.1) is 12.1 Å². The van der Waals surface area contributed by atoms with Gasteiger partial charge in [-0.25, -0.2) is 8.78 Å². The minimum Gasteiger partial charge on any atom is -0.304 e. The van der Waals surface area contributed by atoms with E-state index < -0.39 is 23.6 Å². The lowest BCUT2D eigenvalue weighted by Crippen LogP contribution is -2.38. The monoisotopic (exact) mass is 464 g/mol. The first-order chi connectivity index (χ1) is 15.6. The quantitative estimate of drug-likeness (QED) is 0.492. The standard InChI is InChI=1S/C25H25F5N2O/c26-24(27)7-9-31(10-8-24)14-16-11-20-21(22(12-16)25(28,29)30)15-32(23(20)33)19-6-2-5-18(13-19)17-3-1-4-17/h2,5-6,11-13,17H,1,3-4,7-10,14-15H2. The number of hydrogen-bond acceptors (Lipinski definition) is 2. The average Bonchev–Trinajstić information content (AvgIpc) is 3.04. The van der Waals surface area contributed by atoms with Crippen molar-refractivity contribution in [2.75, 3.05) is 18.0 Å². The first-order valence-corrected chi connectivity index (χ1v) is 11.4. The normalized spacial score (nSPS) is 21.2. The van der Waals surface area contributed by atoms with E-state index in [1.54, 1.807) is 11.0 Å². The lowest BCUT2D eigenvalue weighted by Gasteiger charge is -2.31. The van der Waals surface area contributed by atoms with Crippen LogP contribution in [0.3, 0.4) is 0 Å². The van der Waals surface area contributed by atoms with E-state index in [1.165, 1.54) is 11.0 Å². The zero-order valence-electron chi connectivity index (χ0n) is 18.1. The Morgan fingerprint density at radius 2 is 1.76 bits per heavy atom. The SMILES string of the molecule is O=C1c2cc(CN3CCC(F)(F)CC3)cc(C(F)(F)F)c2CN1c1cccc(C2CCC2)c1. The molecule has 1 aliphatic carbocycles. The van der Waals surface area contributed by atoms with Crippen LogP contribution in [0.1, 0.15) is 70.6 Å². The van der Waals surface area contributed by atoms with Gasteiger partial charge in [-0.1, -0.05) is 18.6 Å². The molecule has 176 valence electrons. The summed E-state index contributed by atoms with van der Waals surface area (Å²) in [5, 5.41) is 0. The average molecular weight is 464 g/mol. The number of rotatable bonds is 4. The second-order valence-electron chi connectivity index (χ2n) is 9.41. The highest BCUT2D eigenvalue weighted by atomic mass is 19.4. The first-order valence-electron chi connectivity index (χ1n) is 11.4. The molecule has 2 aliphatic heterocycles. The van der Waals surface area contributed by atoms with Crippen LogP contribution < -0.4 is 4.90 Å². The van der Waals surface area contributed by atoms with E-state index in [2.05, 4.69) is 0 Å². The summed E-state index contributed by atoms with van der Waals surface area (Å²) in [5.41, 5.74) is 1.26. The lowest BCUT2D eigenvalue weighted by atomic mass is 9.80. The van der Waals surface area contributed by atoms with Crippen LogP contribution in [0, 0.1) is 0 Å². The van der Waals surface area contributed by atoms with E-state index in [9.17, 15) is 26.7 Å². The summed E-state index contributed by atoms with van der Waals surface area (Å²) in [5.74, 6) is -2.73. The third-order valence-electron chi connectivity index (χ3n) is 7.16. The molecule has 0 spiro atoms. The van der Waals surface area contributed by atoms with E-state index in [0.29, 0.717) is 17.2 Å². The topological polar surface area (TPSA) is 23.6 Å². The largest absolute Gasteiger partial charge is 0.416 e. The number of likely N-dealkylation sites (tertiary alicyclic amines) is 1. The zero-order valence-corrected chi connectivity index (χ0v) is 18.1. The second-order valence-corrected chi connectivity index (χ2v) is 9.41. The summed E-state index contributed by atoms with van der Waals surface area (Å²) >= 11 is 0. The van der Waals surface area contributed by atoms with Gasteiger partial charge in [0.15, 0.2) is 0 Å². The summed E-state index contributed by atoms with van der Waals surface area (Å²) in [7, 11) is 0. The molecule has 0 unspecified atom stereocenters. The molecule has 5 rings (SSSR count). The number of fused-ring (bicyclic) bond motifs is 1. The molecule has 0 bridgehead atoms. The fourth-order valence-electron chi connectivity index (χ4n) is 5.01. The molecule has 1 saturated heterocycles. The fourth-order valence-corrected chi connectivity index (χ4v) is 5.01. The number of anilines is 1. The van der Waals surface area contributed by atoms with E-state index in [1.807, 2.05) is 18.2 Å². The predicted octanol–water partition coefficient (Wildman–Crippen LogP) is 6.36. The molecule has 3 nitrogen and oxygen atoms in total. The lowest BCUT2D eigenvalue weighted by molar-refractivity contribution is -0.138. The number of amides is 1. The van der Waals surface area contributed by atoms with Crippen molar-refractivity contribution >= 4 is 11.6 Å². The minimum absolute atomic E-state index is 0.0181. The molecule has 0 radical (unpaired) electrons. The number of benzene rings is 2. The maximum Gasteiger partial charge on any atom is 0.416 e. The highest BCUT2D eigenvalue weighted by molar-refractivity contribution is 6.10. The number of nitrogens with zero attached hydrogens (tertiary/aromatic N) is 2. The van der Waals surface area contributed by atoms with Crippen molar-refractivity contribution in [1.29, 1.82) is 0 Å². The fraction of sp³-hybridized carbons (Fsp3) is 0.480. The van der Waals surface area contributed by atoms with Gasteiger partial charge in [-0.15, -0.1) is 0 Å². The molecule has 33 heavy (non-hydrogen) atoms. The van der Waals surface area contributed by atoms with Crippen molar-refractivity contribution < 1.29 is 26.7 Å². The molecule has 3 aliphatic rings. The smallest absolute Gasteiger partial charge is 0.304 e. The van der Waals surface area contributed by atoms with Crippen LogP contribution in [0.15, 0.2) is 36.4 Å². The van der Waals surface area contributed by atoms with E-state index in [4.69, 9.17) is 0 Å². The van der Waals surface area contributed by atoms with Crippen LogP contribution in [0.5, 0.6) is 0 Å². The van der Waals surface area contributed by atoms with Gasteiger partial charge in [-0.2, -0.15) is 13.2 Å². The van der Waals surface area contributed by atoms with E-state index in [0.717, 1.165) is 30.9 Å². The Balaban J connectivity index is 1.44. The number of carbonyl (C=O) groups is 1. The van der Waals surface area contributed by atoms with Gasteiger partial charge in [0, 0.05) is 43.7 Å². The first kappa shape index (κ1) is 22.3. The van der Waals surface area contributed by atoms with Gasteiger partial charge in [-0.3, -0.25) is 9.69 Å². The van der Waals surface area contributed by atoms with Crippen molar-refractivity contribution in [3.05, 3.63) is 64.2 Å². The van der Waals surface area contributed by atoms with Crippen LogP contribution in [0.25, 0.3) is 0 Å². The second kappa shape index (κ2) is 8.08. The van der Waals surface area contributed by atoms with Crippen LogP contribution in [-0.2, 0) is 19.3 Å². The summed E-state index contributed by atoms with van der Waals surface area (Å²) in [6, 6.07) is 10.1. The van der Waals surface area contributed by atoms with Gasteiger partial charge in [0.2, 0.25) is 0 Å². The molecule has 2 aromatic rings. The van der Waals surface area contributed by atoms with Gasteiger partial charge < -0.3 is 4.90 Å². The molecule has 0 aromatic heterocycles. The number of halogens is 5. The Hall–Kier alpha value is -2.48. The third-order valence-corrected chi connectivity index (χ3v) is 7.16. The van der Waals surface area contributed by atoms with E-state index in [-0.39, 0.29) is 50.1 Å². The van der Waals surface area contributed by atoms with Crippen LogP contribution in [0.4, 0.5) is 27.6 Å². The van der Waals surface area contributed by atoms with Crippen molar-refractivity contribution in [2.45, 2.75) is 63.2 Å². The molecular formula is C25H25F5N2O. The minimum atomic E-state index is -4.61. The van der Waals surface area contributed by atoms with Gasteiger partial charge >= 0.3 is 6.18 Å². The van der Waals surface area contributed by atoms with Gasteiger partial charge in [-0.05, 0) is 59.7 Å². The highest BCUT2D eigenvalue weighted by Gasteiger charge is 2.41. The van der Waals surface area contributed by atoms with Crippen molar-refractivity contribution in [1.82, 2.24) is 4.90 Å². The van der Waals surface area contributed by atoms with Gasteiger partial charge in [0.1, 0.15) is 0 Å². The molecule has 0 atom stereocenters. The molecule has 0 N–H and O–H groups in total. The molecule has 2 aromatic carbocycles. The Bertz CT molecular complexity index is 1070. The highest BCUT2D eigenvalue weighted by Crippen LogP contribution is 2.42. The summed E-state index contributed by atoms with van der Waals surface area (Å²) in [6.45, 7) is 0.198. The van der Waals surface area contributed by atoms with Crippen molar-refractivity contribution in [3.8, 4) is 0 Å². The van der Waals surface area contributed by atoms with Crippen LogP contribution in [-0.4, -0.2) is 29.8 Å². The summed E-state index contributed by atoms with van der Waals surface area (Å²) < 4.78 is 68.7. The molecular weight excluding hydrogens is 439 g/mol. The third kappa shape index (κ3) is 4.37. The number of hydrogen-bond donors (Lipinski definition) is 0. The van der Waals surface area contributed by atoms with E-state index >= 15 is 0 Å². The molecule has 2 fully saturated rings. The number of carbonyl (C=O) groups excluding carboxylic acids is 1. The van der Waals surface area contributed by atoms with Crippen molar-refractivity contribution in [3.63, 3.8) is 0 Å². The Kier molecular flexibility index (Phi) is 5.46. The maximum atomic E-state index is 13.9. The molecule has 8 heteroatoms. The Labute approximate surface area is 189 Å². The van der Waals surface area contributed by atoms with Crippen LogP contribution >= 0.6 is 0 Å². The molecule has 1 saturated carbocycles. The predicted molar refractivity (Wildman–Crippen MR) is 114 cm³/mol. The molecule has 2 heterocycles. The maximum absolute atomic E-state index is 13.9. The number of piperidine rings is 1. The number of alkyl halides is 5. The summed E-state index contributed by atoms with van der Waals surface area (Å²) in [4.78, 5) is 16.3. The summed E-state index contributed by atoms with van der Waals surface area (Å²) in [6.07, 6.45) is -1.90. The van der Waals surface area contributed by atoms with Gasteiger partial charge in [0.25, 0.3) is 11.8 Å². The zero-order chi connectivity index (χ0) is 23.4. The van der Waals surface area contributed by atoms with Crippen LogP contribution in [0.2, 0.25) is 0 Å². The Morgan fingerprint density at radius 1 is 1.03 bits per heavy atom.